The van der Waals surface area contributed by atoms with Crippen LogP contribution in [0.5, 0.6) is 0 Å². The highest BCUT2D eigenvalue weighted by Crippen LogP contribution is 2.30. The summed E-state index contributed by atoms with van der Waals surface area (Å²) in [5.41, 5.74) is -0.764. The van der Waals surface area contributed by atoms with Crippen LogP contribution in [0.4, 0.5) is 4.79 Å². The third kappa shape index (κ3) is 3.46. The molecule has 0 aromatic carbocycles. The van der Waals surface area contributed by atoms with Gasteiger partial charge in [-0.1, -0.05) is 0 Å². The number of aromatic amines is 1. The van der Waals surface area contributed by atoms with Crippen LogP contribution in [-0.4, -0.2) is 27.3 Å². The Kier molecular flexibility index (Phi) is 4.03. The molecule has 1 fully saturated rings. The molecule has 104 valence electrons. The fraction of sp³-hybridized carbons (Fsp3) is 0.583. The molecule has 1 heterocycles. The number of nitrogens with one attached hydrogen (secondary N) is 2. The molecule has 1 aromatic heterocycles. The lowest BCUT2D eigenvalue weighted by Crippen LogP contribution is -2.35. The highest BCUT2D eigenvalue weighted by molar-refractivity contribution is 5.64. The first-order valence-electron chi connectivity index (χ1n) is 6.34. The Morgan fingerprint density at radius 2 is 2.05 bits per heavy atom. The van der Waals surface area contributed by atoms with Crippen molar-refractivity contribution in [3.63, 3.8) is 0 Å². The van der Waals surface area contributed by atoms with Crippen molar-refractivity contribution in [2.24, 2.45) is 5.92 Å². The van der Waals surface area contributed by atoms with Crippen LogP contribution in [-0.2, 0) is 0 Å². The average Bonchev–Trinajstić information content (AvgIpc) is 2.37. The molecular weight excluding hydrogens is 250 g/mol. The highest BCUT2D eigenvalue weighted by atomic mass is 16.4. The van der Waals surface area contributed by atoms with Gasteiger partial charge in [-0.25, -0.2) is 9.59 Å². The number of hydrogen-bond donors (Lipinski definition) is 3. The van der Waals surface area contributed by atoms with Crippen LogP contribution < -0.4 is 16.6 Å². The van der Waals surface area contributed by atoms with E-state index in [0.29, 0.717) is 12.5 Å². The van der Waals surface area contributed by atoms with Gasteiger partial charge in [-0.3, -0.25) is 14.3 Å². The van der Waals surface area contributed by atoms with Crippen molar-refractivity contribution < 1.29 is 9.90 Å². The number of aromatic nitrogens is 2. The van der Waals surface area contributed by atoms with Gasteiger partial charge in [0.15, 0.2) is 0 Å². The highest BCUT2D eigenvalue weighted by Gasteiger charge is 2.23. The minimum Gasteiger partial charge on any atom is -0.465 e. The topological polar surface area (TPSA) is 104 Å². The SMILES string of the molecule is O=C(O)NCC1CCC(n2ccc(=O)[nH]c2=O)CC1. The van der Waals surface area contributed by atoms with Crippen LogP contribution in [0.2, 0.25) is 0 Å². The van der Waals surface area contributed by atoms with E-state index in [2.05, 4.69) is 10.3 Å². The standard InChI is InChI=1S/C12H17N3O4/c16-10-5-6-15(11(17)14-10)9-3-1-8(2-4-9)7-13-12(18)19/h5-6,8-9,13H,1-4,7H2,(H,18,19)(H,14,16,17). The van der Waals surface area contributed by atoms with E-state index in [-0.39, 0.29) is 17.3 Å². The number of hydrogen-bond acceptors (Lipinski definition) is 3. The van der Waals surface area contributed by atoms with E-state index in [1.165, 1.54) is 12.3 Å². The number of carboxylic acid groups (broad SMARTS) is 1. The zero-order valence-electron chi connectivity index (χ0n) is 10.5. The Morgan fingerprint density at radius 3 is 2.63 bits per heavy atom. The molecule has 0 saturated heterocycles. The molecule has 7 nitrogen and oxygen atoms in total. The van der Waals surface area contributed by atoms with Crippen LogP contribution in [0.3, 0.4) is 0 Å². The lowest BCUT2D eigenvalue weighted by Gasteiger charge is -2.29. The molecule has 19 heavy (non-hydrogen) atoms. The molecule has 1 aliphatic carbocycles. The van der Waals surface area contributed by atoms with Gasteiger partial charge < -0.3 is 10.4 Å². The maximum atomic E-state index is 11.7. The maximum absolute atomic E-state index is 11.7. The van der Waals surface area contributed by atoms with Gasteiger partial charge in [-0.2, -0.15) is 0 Å². The van der Waals surface area contributed by atoms with Crippen LogP contribution in [0.15, 0.2) is 21.9 Å². The van der Waals surface area contributed by atoms with Crippen molar-refractivity contribution >= 4 is 6.09 Å². The second kappa shape index (κ2) is 5.73. The van der Waals surface area contributed by atoms with Crippen LogP contribution in [0.1, 0.15) is 31.7 Å². The Labute approximate surface area is 109 Å². The van der Waals surface area contributed by atoms with E-state index in [4.69, 9.17) is 5.11 Å². The number of amides is 1. The largest absolute Gasteiger partial charge is 0.465 e. The van der Waals surface area contributed by atoms with E-state index in [1.54, 1.807) is 4.57 Å². The number of rotatable bonds is 3. The summed E-state index contributed by atoms with van der Waals surface area (Å²) in [6.07, 6.45) is 3.91. The summed E-state index contributed by atoms with van der Waals surface area (Å²) < 4.78 is 1.56. The van der Waals surface area contributed by atoms with E-state index < -0.39 is 6.09 Å². The van der Waals surface area contributed by atoms with Crippen molar-refractivity contribution in [1.82, 2.24) is 14.9 Å². The quantitative estimate of drug-likeness (QED) is 0.743. The van der Waals surface area contributed by atoms with Crippen molar-refractivity contribution in [3.05, 3.63) is 33.1 Å². The molecule has 0 bridgehead atoms. The minimum atomic E-state index is -1.00. The van der Waals surface area contributed by atoms with Gasteiger partial charge in [0.25, 0.3) is 5.56 Å². The third-order valence-corrected chi connectivity index (χ3v) is 3.60. The lowest BCUT2D eigenvalue weighted by atomic mass is 9.86. The molecule has 0 radical (unpaired) electrons. The van der Waals surface area contributed by atoms with Gasteiger partial charge in [-0.15, -0.1) is 0 Å². The summed E-state index contributed by atoms with van der Waals surface area (Å²) in [7, 11) is 0. The molecule has 0 unspecified atom stereocenters. The molecule has 7 heteroatoms. The molecule has 1 aliphatic rings. The van der Waals surface area contributed by atoms with Crippen molar-refractivity contribution in [1.29, 1.82) is 0 Å². The second-order valence-electron chi connectivity index (χ2n) is 4.88. The fourth-order valence-electron chi connectivity index (χ4n) is 2.57. The number of carbonyl (C=O) groups is 1. The van der Waals surface area contributed by atoms with Gasteiger partial charge in [0, 0.05) is 24.8 Å². The molecule has 1 aromatic rings. The lowest BCUT2D eigenvalue weighted by molar-refractivity contribution is 0.188. The van der Waals surface area contributed by atoms with E-state index in [9.17, 15) is 14.4 Å². The first kappa shape index (κ1) is 13.4. The predicted octanol–water partition coefficient (Wildman–Crippen LogP) is 0.535. The smallest absolute Gasteiger partial charge is 0.404 e. The number of H-pyrrole nitrogens is 1. The van der Waals surface area contributed by atoms with Gasteiger partial charge in [-0.05, 0) is 31.6 Å². The first-order chi connectivity index (χ1) is 9.06. The van der Waals surface area contributed by atoms with Gasteiger partial charge in [0.2, 0.25) is 0 Å². The molecule has 0 spiro atoms. The van der Waals surface area contributed by atoms with E-state index in [0.717, 1.165) is 25.7 Å². The molecule has 0 aliphatic heterocycles. The van der Waals surface area contributed by atoms with Crippen LogP contribution >= 0.6 is 0 Å². The van der Waals surface area contributed by atoms with Crippen LogP contribution in [0.25, 0.3) is 0 Å². The maximum Gasteiger partial charge on any atom is 0.404 e. The average molecular weight is 267 g/mol. The minimum absolute atomic E-state index is 0.0884. The Balaban J connectivity index is 1.94. The normalized spacial score (nSPS) is 22.9. The van der Waals surface area contributed by atoms with Gasteiger partial charge in [0.1, 0.15) is 0 Å². The summed E-state index contributed by atoms with van der Waals surface area (Å²) in [6, 6.07) is 1.44. The predicted molar refractivity (Wildman–Crippen MR) is 68.3 cm³/mol. The van der Waals surface area contributed by atoms with Crippen LogP contribution in [0, 0.1) is 5.92 Å². The monoisotopic (exact) mass is 267 g/mol. The Morgan fingerprint density at radius 1 is 1.37 bits per heavy atom. The summed E-state index contributed by atoms with van der Waals surface area (Å²) >= 11 is 0. The van der Waals surface area contributed by atoms with Gasteiger partial charge in [0.05, 0.1) is 0 Å². The summed E-state index contributed by atoms with van der Waals surface area (Å²) in [4.78, 5) is 35.3. The van der Waals surface area contributed by atoms with E-state index in [1.807, 2.05) is 0 Å². The Bertz CT molecular complexity index is 555. The van der Waals surface area contributed by atoms with Crippen molar-refractivity contribution in [3.8, 4) is 0 Å². The zero-order valence-corrected chi connectivity index (χ0v) is 10.5. The summed E-state index contributed by atoms with van der Waals surface area (Å²) in [5.74, 6) is 0.325. The van der Waals surface area contributed by atoms with E-state index >= 15 is 0 Å². The van der Waals surface area contributed by atoms with Crippen molar-refractivity contribution in [2.45, 2.75) is 31.7 Å². The third-order valence-electron chi connectivity index (χ3n) is 3.60. The fourth-order valence-corrected chi connectivity index (χ4v) is 2.57. The first-order valence-corrected chi connectivity index (χ1v) is 6.34. The molecule has 3 N–H and O–H groups in total. The zero-order chi connectivity index (χ0) is 13.8. The molecular formula is C12H17N3O4. The summed E-state index contributed by atoms with van der Waals surface area (Å²) in [6.45, 7) is 0.461. The summed E-state index contributed by atoms with van der Waals surface area (Å²) in [5, 5.41) is 10.9. The second-order valence-corrected chi connectivity index (χ2v) is 4.88. The Hall–Kier alpha value is -2.05. The van der Waals surface area contributed by atoms with Gasteiger partial charge >= 0.3 is 11.8 Å². The molecule has 1 amide bonds. The number of nitrogens with zero attached hydrogens (tertiary/aromatic N) is 1. The molecule has 1 saturated carbocycles. The van der Waals surface area contributed by atoms with Crippen molar-refractivity contribution in [2.75, 3.05) is 6.54 Å². The molecule has 0 atom stereocenters. The molecule has 2 rings (SSSR count).